The van der Waals surface area contributed by atoms with E-state index in [1.54, 1.807) is 17.0 Å². The summed E-state index contributed by atoms with van der Waals surface area (Å²) in [5.74, 6) is 0.650. The minimum absolute atomic E-state index is 0.0162. The van der Waals surface area contributed by atoms with E-state index in [2.05, 4.69) is 4.90 Å². The molecular weight excluding hydrogens is 472 g/mol. The van der Waals surface area contributed by atoms with E-state index in [0.29, 0.717) is 55.3 Å². The molecule has 0 spiro atoms. The van der Waals surface area contributed by atoms with Gasteiger partial charge < -0.3 is 15.4 Å². The van der Waals surface area contributed by atoms with Crippen molar-refractivity contribution in [1.29, 1.82) is 0 Å². The molecule has 37 heavy (non-hydrogen) atoms. The molecule has 4 bridgehead atoms. The number of hydrogen-bond donors (Lipinski definition) is 1. The van der Waals surface area contributed by atoms with Crippen LogP contribution in [0.1, 0.15) is 55.3 Å². The molecule has 7 rings (SSSR count). The molecule has 2 N–H and O–H groups in total. The normalized spacial score (nSPS) is 33.2. The minimum Gasteiger partial charge on any atom is -0.379 e. The Morgan fingerprint density at radius 1 is 0.973 bits per heavy atom. The first kappa shape index (κ1) is 24.6. The first-order valence-corrected chi connectivity index (χ1v) is 13.7. The van der Waals surface area contributed by atoms with E-state index in [1.807, 2.05) is 0 Å². The minimum atomic E-state index is -0.801. The van der Waals surface area contributed by atoms with Gasteiger partial charge in [0, 0.05) is 31.7 Å². The second-order valence-corrected chi connectivity index (χ2v) is 11.8. The second kappa shape index (κ2) is 9.51. The average molecular weight is 509 g/mol. The number of ether oxygens (including phenoxy) is 1. The lowest BCUT2D eigenvalue weighted by Gasteiger charge is -2.57. The van der Waals surface area contributed by atoms with Crippen LogP contribution in [0, 0.1) is 23.2 Å². The largest absolute Gasteiger partial charge is 0.379 e. The number of rotatable bonds is 7. The van der Waals surface area contributed by atoms with Gasteiger partial charge in [-0.3, -0.25) is 24.1 Å². The smallest absolute Gasteiger partial charge is 0.257 e. The van der Waals surface area contributed by atoms with Crippen LogP contribution >= 0.6 is 0 Å². The summed E-state index contributed by atoms with van der Waals surface area (Å²) in [7, 11) is 0. The predicted octanol–water partition coefficient (Wildman–Crippen LogP) is 1.79. The zero-order valence-corrected chi connectivity index (χ0v) is 21.3. The van der Waals surface area contributed by atoms with Crippen LogP contribution in [0.15, 0.2) is 24.3 Å². The molecule has 1 atom stereocenters. The number of benzene rings is 1. The lowest BCUT2D eigenvalue weighted by Crippen LogP contribution is -2.58. The molecule has 1 aromatic rings. The molecular formula is C28H36N4O5. The maximum absolute atomic E-state index is 14.4. The van der Waals surface area contributed by atoms with Gasteiger partial charge in [-0.1, -0.05) is 0 Å². The highest BCUT2D eigenvalue weighted by Crippen LogP contribution is 2.60. The molecule has 2 heterocycles. The van der Waals surface area contributed by atoms with Crippen molar-refractivity contribution < 1.29 is 23.9 Å². The van der Waals surface area contributed by atoms with Gasteiger partial charge in [0.1, 0.15) is 6.04 Å². The third kappa shape index (κ3) is 4.46. The number of imide groups is 1. The molecule has 1 aromatic carbocycles. The highest BCUT2D eigenvalue weighted by Gasteiger charge is 2.57. The Bertz CT molecular complexity index is 1060. The van der Waals surface area contributed by atoms with E-state index in [1.165, 1.54) is 36.3 Å². The van der Waals surface area contributed by atoms with Crippen molar-refractivity contribution in [3.8, 4) is 0 Å². The van der Waals surface area contributed by atoms with Crippen LogP contribution < -0.4 is 10.6 Å². The molecule has 6 aliphatic rings. The van der Waals surface area contributed by atoms with Gasteiger partial charge in [-0.2, -0.15) is 0 Å². The van der Waals surface area contributed by atoms with Crippen molar-refractivity contribution in [2.45, 2.75) is 51.0 Å². The highest BCUT2D eigenvalue weighted by atomic mass is 16.5. The molecule has 6 fully saturated rings. The summed E-state index contributed by atoms with van der Waals surface area (Å²) in [5, 5.41) is 0. The van der Waals surface area contributed by atoms with Crippen LogP contribution in [0.25, 0.3) is 0 Å². The lowest BCUT2D eigenvalue weighted by molar-refractivity contribution is -0.162. The van der Waals surface area contributed by atoms with Crippen LogP contribution in [0.3, 0.4) is 0 Å². The second-order valence-electron chi connectivity index (χ2n) is 11.8. The number of nitrogens with zero attached hydrogens (tertiary/aromatic N) is 3. The average Bonchev–Trinajstić information content (AvgIpc) is 3.17. The van der Waals surface area contributed by atoms with E-state index in [-0.39, 0.29) is 29.6 Å². The molecule has 2 aliphatic heterocycles. The van der Waals surface area contributed by atoms with Crippen molar-refractivity contribution in [1.82, 2.24) is 9.80 Å². The molecule has 4 saturated carbocycles. The fourth-order valence-electron chi connectivity index (χ4n) is 8.06. The molecule has 1 unspecified atom stereocenters. The number of amides is 4. The third-order valence-corrected chi connectivity index (χ3v) is 9.42. The number of anilines is 1. The van der Waals surface area contributed by atoms with Crippen molar-refractivity contribution in [3.05, 3.63) is 29.8 Å². The summed E-state index contributed by atoms with van der Waals surface area (Å²) in [6, 6.07) is 5.36. The van der Waals surface area contributed by atoms with Crippen molar-refractivity contribution >= 4 is 29.3 Å². The number of carbonyl (C=O) groups is 4. The lowest BCUT2D eigenvalue weighted by atomic mass is 9.49. The van der Waals surface area contributed by atoms with Crippen molar-refractivity contribution in [3.63, 3.8) is 0 Å². The number of nitrogens with two attached hydrogens (primary N) is 1. The number of morpholine rings is 1. The van der Waals surface area contributed by atoms with Crippen molar-refractivity contribution in [2.24, 2.45) is 28.9 Å². The van der Waals surface area contributed by atoms with Crippen LogP contribution in [-0.2, 0) is 19.1 Å². The first-order chi connectivity index (χ1) is 17.8. The Morgan fingerprint density at radius 3 is 2.14 bits per heavy atom. The van der Waals surface area contributed by atoms with Crippen LogP contribution in [0.2, 0.25) is 0 Å². The number of primary amides is 1. The Balaban J connectivity index is 1.27. The highest BCUT2D eigenvalue weighted by molar-refractivity contribution is 6.23. The molecule has 4 aliphatic carbocycles. The van der Waals surface area contributed by atoms with Gasteiger partial charge in [0.25, 0.3) is 5.91 Å². The zero-order valence-electron chi connectivity index (χ0n) is 21.3. The van der Waals surface area contributed by atoms with E-state index in [0.717, 1.165) is 32.4 Å². The predicted molar refractivity (Wildman–Crippen MR) is 135 cm³/mol. The molecule has 4 amide bonds. The van der Waals surface area contributed by atoms with Gasteiger partial charge in [-0.15, -0.1) is 0 Å². The first-order valence-electron chi connectivity index (χ1n) is 13.7. The van der Waals surface area contributed by atoms with Crippen LogP contribution in [-0.4, -0.2) is 78.9 Å². The molecule has 2 saturated heterocycles. The van der Waals surface area contributed by atoms with Gasteiger partial charge in [0.15, 0.2) is 0 Å². The van der Waals surface area contributed by atoms with E-state index >= 15 is 0 Å². The van der Waals surface area contributed by atoms with E-state index in [4.69, 9.17) is 10.5 Å². The van der Waals surface area contributed by atoms with E-state index in [9.17, 15) is 19.2 Å². The molecule has 198 valence electrons. The van der Waals surface area contributed by atoms with Gasteiger partial charge in [-0.05, 0) is 80.5 Å². The maximum atomic E-state index is 14.4. The summed E-state index contributed by atoms with van der Waals surface area (Å²) in [6.07, 6.45) is 6.43. The summed E-state index contributed by atoms with van der Waals surface area (Å²) in [5.41, 5.74) is 5.66. The van der Waals surface area contributed by atoms with Gasteiger partial charge in [0.2, 0.25) is 17.7 Å². The number of carbonyl (C=O) groups excluding carboxylic acids is 4. The topological polar surface area (TPSA) is 113 Å². The zero-order chi connectivity index (χ0) is 25.7. The van der Waals surface area contributed by atoms with Crippen molar-refractivity contribution in [2.75, 3.05) is 44.3 Å². The standard InChI is InChI=1S/C28H36N4O5/c29-25(34)21-1-3-22(4-2-21)32-24(33)14-23(26(32)35)31(6-5-30-7-9-37-10-8-30)27(36)28-15-18-11-19(16-28)13-20(12-18)17-28/h1-4,18-20,23H,5-17H2,(H2,29,34). The SMILES string of the molecule is NC(=O)c1ccc(N2C(=O)CC(N(CCN3CCOCC3)C(=O)C34CC5CC(CC(C5)C3)C4)C2=O)cc1. The van der Waals surface area contributed by atoms with Gasteiger partial charge >= 0.3 is 0 Å². The maximum Gasteiger partial charge on any atom is 0.257 e. The quantitative estimate of drug-likeness (QED) is 0.562. The summed E-state index contributed by atoms with van der Waals surface area (Å²) < 4.78 is 5.48. The molecule has 0 radical (unpaired) electrons. The molecule has 9 heteroatoms. The Labute approximate surface area is 217 Å². The summed E-state index contributed by atoms with van der Waals surface area (Å²) in [4.78, 5) is 58.0. The number of hydrogen-bond acceptors (Lipinski definition) is 6. The van der Waals surface area contributed by atoms with Crippen LogP contribution in [0.5, 0.6) is 0 Å². The summed E-state index contributed by atoms with van der Waals surface area (Å²) >= 11 is 0. The Kier molecular flexibility index (Phi) is 6.31. The van der Waals surface area contributed by atoms with E-state index < -0.39 is 11.9 Å². The Morgan fingerprint density at radius 2 is 1.57 bits per heavy atom. The Hall–Kier alpha value is -2.78. The monoisotopic (exact) mass is 508 g/mol. The third-order valence-electron chi connectivity index (χ3n) is 9.42. The van der Waals surface area contributed by atoms with Gasteiger partial charge in [-0.25, -0.2) is 4.90 Å². The summed E-state index contributed by atoms with van der Waals surface area (Å²) in [6.45, 7) is 4.02. The molecule has 0 aromatic heterocycles. The fourth-order valence-corrected chi connectivity index (χ4v) is 8.06. The van der Waals surface area contributed by atoms with Gasteiger partial charge in [0.05, 0.1) is 30.7 Å². The van der Waals surface area contributed by atoms with Crippen LogP contribution in [0.4, 0.5) is 5.69 Å². The fraction of sp³-hybridized carbons (Fsp3) is 0.643. The molecule has 9 nitrogen and oxygen atoms in total.